The van der Waals surface area contributed by atoms with Crippen molar-refractivity contribution in [3.63, 3.8) is 0 Å². The number of benzene rings is 1. The average molecular weight is 350 g/mol. The van der Waals surface area contributed by atoms with Gasteiger partial charge in [-0.2, -0.15) is 0 Å². The van der Waals surface area contributed by atoms with Crippen LogP contribution in [0.5, 0.6) is 0 Å². The molecule has 0 unspecified atom stereocenters. The molecule has 1 aromatic carbocycles. The van der Waals surface area contributed by atoms with Gasteiger partial charge in [-0.15, -0.1) is 0 Å². The Morgan fingerprint density at radius 3 is 2.81 bits per heavy atom. The molecule has 0 aliphatic rings. The molecule has 0 saturated heterocycles. The van der Waals surface area contributed by atoms with Crippen molar-refractivity contribution in [2.75, 3.05) is 6.61 Å². The minimum atomic E-state index is -0.134. The van der Waals surface area contributed by atoms with Crippen LogP contribution in [0.3, 0.4) is 0 Å². The maximum Gasteiger partial charge on any atom is 0.306 e. The lowest BCUT2D eigenvalue weighted by molar-refractivity contribution is -0.143. The van der Waals surface area contributed by atoms with E-state index in [0.717, 1.165) is 21.8 Å². The maximum absolute atomic E-state index is 11.2. The maximum atomic E-state index is 11.2. The average Bonchev–Trinajstić information content (AvgIpc) is 2.28. The molecule has 2 nitrogen and oxygen atoms in total. The molecule has 0 spiro atoms. The van der Waals surface area contributed by atoms with Gasteiger partial charge in [0.25, 0.3) is 0 Å². The zero-order chi connectivity index (χ0) is 12.0. The number of aryl methyl sites for hydroxylation is 1. The number of alkyl halides is 1. The normalized spacial score (nSPS) is 10.2. The van der Waals surface area contributed by atoms with Gasteiger partial charge in [0.15, 0.2) is 0 Å². The minimum Gasteiger partial charge on any atom is -0.466 e. The molecule has 0 aliphatic heterocycles. The summed E-state index contributed by atoms with van der Waals surface area (Å²) >= 11 is 6.90. The number of carbonyl (C=O) groups is 1. The fourth-order valence-electron chi connectivity index (χ4n) is 1.37. The van der Waals surface area contributed by atoms with Crippen molar-refractivity contribution in [3.05, 3.63) is 33.8 Å². The molecule has 0 heterocycles. The van der Waals surface area contributed by atoms with Gasteiger partial charge in [0.2, 0.25) is 0 Å². The number of hydrogen-bond acceptors (Lipinski definition) is 2. The Morgan fingerprint density at radius 1 is 1.44 bits per heavy atom. The van der Waals surface area contributed by atoms with Crippen LogP contribution >= 0.6 is 31.9 Å². The number of hydrogen-bond donors (Lipinski definition) is 0. The van der Waals surface area contributed by atoms with Crippen molar-refractivity contribution in [2.45, 2.75) is 25.1 Å². The summed E-state index contributed by atoms with van der Waals surface area (Å²) in [5.74, 6) is -0.134. The molecule has 4 heteroatoms. The van der Waals surface area contributed by atoms with Crippen molar-refractivity contribution in [1.29, 1.82) is 0 Å². The molecule has 1 aromatic rings. The molecule has 0 saturated carbocycles. The molecule has 0 N–H and O–H groups in total. The van der Waals surface area contributed by atoms with Gasteiger partial charge in [0.05, 0.1) is 6.61 Å². The van der Waals surface area contributed by atoms with Crippen molar-refractivity contribution in [3.8, 4) is 0 Å². The molecule has 0 atom stereocenters. The van der Waals surface area contributed by atoms with Crippen LogP contribution in [0, 0.1) is 0 Å². The Labute approximate surface area is 113 Å². The van der Waals surface area contributed by atoms with Crippen molar-refractivity contribution in [2.24, 2.45) is 0 Å². The molecular formula is C12H14Br2O2. The van der Waals surface area contributed by atoms with Crippen LogP contribution in [0.4, 0.5) is 0 Å². The summed E-state index contributed by atoms with van der Waals surface area (Å²) in [5.41, 5.74) is 2.35. The third-order valence-electron chi connectivity index (χ3n) is 2.18. The Bertz CT molecular complexity index is 364. The lowest BCUT2D eigenvalue weighted by Crippen LogP contribution is -2.05. The molecule has 0 aliphatic carbocycles. The molecule has 88 valence electrons. The van der Waals surface area contributed by atoms with Gasteiger partial charge in [-0.05, 0) is 30.5 Å². The van der Waals surface area contributed by atoms with Gasteiger partial charge in [0, 0.05) is 16.2 Å². The fraction of sp³-hybridized carbons (Fsp3) is 0.417. The van der Waals surface area contributed by atoms with E-state index < -0.39 is 0 Å². The Kier molecular flexibility index (Phi) is 6.06. The summed E-state index contributed by atoms with van der Waals surface area (Å²) < 4.78 is 5.97. The molecule has 0 bridgehead atoms. The van der Waals surface area contributed by atoms with Gasteiger partial charge < -0.3 is 4.74 Å². The van der Waals surface area contributed by atoms with E-state index in [9.17, 15) is 4.79 Å². The van der Waals surface area contributed by atoms with Gasteiger partial charge in [0.1, 0.15) is 0 Å². The van der Waals surface area contributed by atoms with Gasteiger partial charge in [-0.3, -0.25) is 4.79 Å². The zero-order valence-corrected chi connectivity index (χ0v) is 12.3. The molecule has 0 aromatic heterocycles. The number of ether oxygens (including phenoxy) is 1. The number of rotatable bonds is 5. The Hall–Kier alpha value is -0.350. The quantitative estimate of drug-likeness (QED) is 0.596. The third-order valence-corrected chi connectivity index (χ3v) is 3.55. The lowest BCUT2D eigenvalue weighted by Gasteiger charge is -2.05. The molecule has 0 amide bonds. The van der Waals surface area contributed by atoms with Crippen LogP contribution in [0.25, 0.3) is 0 Å². The predicted molar refractivity (Wildman–Crippen MR) is 71.7 cm³/mol. The van der Waals surface area contributed by atoms with Crippen molar-refractivity contribution in [1.82, 2.24) is 0 Å². The fourth-order valence-corrected chi connectivity index (χ4v) is 2.59. The van der Waals surface area contributed by atoms with Crippen molar-refractivity contribution < 1.29 is 9.53 Å². The highest BCUT2D eigenvalue weighted by Crippen LogP contribution is 2.21. The second kappa shape index (κ2) is 7.07. The molecule has 0 radical (unpaired) electrons. The topological polar surface area (TPSA) is 26.3 Å². The summed E-state index contributed by atoms with van der Waals surface area (Å²) in [6, 6.07) is 6.13. The van der Waals surface area contributed by atoms with Crippen LogP contribution in [0.2, 0.25) is 0 Å². The monoisotopic (exact) mass is 348 g/mol. The predicted octanol–water partition coefficient (Wildman–Crippen LogP) is 3.84. The van der Waals surface area contributed by atoms with Gasteiger partial charge in [-0.1, -0.05) is 44.0 Å². The number of halogens is 2. The smallest absolute Gasteiger partial charge is 0.306 e. The Balaban J connectivity index is 2.57. The van der Waals surface area contributed by atoms with E-state index >= 15 is 0 Å². The zero-order valence-electron chi connectivity index (χ0n) is 9.13. The number of carbonyl (C=O) groups excluding carboxylic acids is 1. The molecule has 0 fully saturated rings. The van der Waals surface area contributed by atoms with E-state index in [1.165, 1.54) is 5.56 Å². The molecule has 16 heavy (non-hydrogen) atoms. The van der Waals surface area contributed by atoms with E-state index in [1.54, 1.807) is 0 Å². The van der Waals surface area contributed by atoms with Crippen LogP contribution in [-0.2, 0) is 21.3 Å². The van der Waals surface area contributed by atoms with E-state index in [1.807, 2.05) is 19.1 Å². The van der Waals surface area contributed by atoms with E-state index in [4.69, 9.17) is 4.74 Å². The largest absolute Gasteiger partial charge is 0.466 e. The second-order valence-electron chi connectivity index (χ2n) is 3.36. The van der Waals surface area contributed by atoms with Crippen LogP contribution < -0.4 is 0 Å². The second-order valence-corrected chi connectivity index (χ2v) is 4.78. The van der Waals surface area contributed by atoms with Gasteiger partial charge >= 0.3 is 5.97 Å². The summed E-state index contributed by atoms with van der Waals surface area (Å²) in [6.45, 7) is 2.27. The van der Waals surface area contributed by atoms with Crippen molar-refractivity contribution >= 4 is 37.8 Å². The van der Waals surface area contributed by atoms with Crippen LogP contribution in [0.1, 0.15) is 24.5 Å². The first-order valence-corrected chi connectivity index (χ1v) is 7.07. The summed E-state index contributed by atoms with van der Waals surface area (Å²) in [4.78, 5) is 11.2. The Morgan fingerprint density at radius 2 is 2.19 bits per heavy atom. The standard InChI is InChI=1S/C12H14Br2O2/c1-2-16-12(15)6-4-9-3-5-11(14)10(7-9)8-13/h3,5,7H,2,4,6,8H2,1H3. The first-order valence-electron chi connectivity index (χ1n) is 5.16. The SMILES string of the molecule is CCOC(=O)CCc1ccc(Br)c(CBr)c1. The van der Waals surface area contributed by atoms with Crippen LogP contribution in [0.15, 0.2) is 22.7 Å². The van der Waals surface area contributed by atoms with E-state index in [2.05, 4.69) is 37.9 Å². The minimum absolute atomic E-state index is 0.134. The van der Waals surface area contributed by atoms with Crippen LogP contribution in [-0.4, -0.2) is 12.6 Å². The number of esters is 1. The van der Waals surface area contributed by atoms with E-state index in [-0.39, 0.29) is 5.97 Å². The highest BCUT2D eigenvalue weighted by atomic mass is 79.9. The highest BCUT2D eigenvalue weighted by Gasteiger charge is 2.04. The first kappa shape index (κ1) is 13.7. The summed E-state index contributed by atoms with van der Waals surface area (Å²) in [6.07, 6.45) is 1.17. The third kappa shape index (κ3) is 4.26. The highest BCUT2D eigenvalue weighted by molar-refractivity contribution is 9.10. The first-order chi connectivity index (χ1) is 7.67. The summed E-state index contributed by atoms with van der Waals surface area (Å²) in [5, 5.41) is 0.806. The molecule has 1 rings (SSSR count). The molecular weight excluding hydrogens is 336 g/mol. The lowest BCUT2D eigenvalue weighted by atomic mass is 10.1. The van der Waals surface area contributed by atoms with E-state index in [0.29, 0.717) is 13.0 Å². The summed E-state index contributed by atoms with van der Waals surface area (Å²) in [7, 11) is 0. The van der Waals surface area contributed by atoms with Gasteiger partial charge in [-0.25, -0.2) is 0 Å².